The molecule has 0 saturated heterocycles. The summed E-state index contributed by atoms with van der Waals surface area (Å²) in [5.74, 6) is 0.391. The predicted molar refractivity (Wildman–Crippen MR) is 414 cm³/mol. The molecule has 600 valence electrons. The van der Waals surface area contributed by atoms with Crippen LogP contribution < -0.4 is 0 Å². The van der Waals surface area contributed by atoms with Crippen LogP contribution in [0.1, 0.15) is 427 Å². The predicted octanol–water partition coefficient (Wildman–Crippen LogP) is 24.5. The van der Waals surface area contributed by atoms with Crippen LogP contribution in [0.25, 0.3) is 0 Å². The molecule has 0 aromatic rings. The van der Waals surface area contributed by atoms with Gasteiger partial charge in [0.2, 0.25) is 0 Å². The lowest BCUT2D eigenvalue weighted by Gasteiger charge is -2.21. The highest BCUT2D eigenvalue weighted by Gasteiger charge is 2.30. The average Bonchev–Trinajstić information content (AvgIpc) is 0.952. The maximum absolute atomic E-state index is 13.1. The monoisotopic (exact) mass is 1480 g/mol. The summed E-state index contributed by atoms with van der Waals surface area (Å²) in [7, 11) is -9.92. The van der Waals surface area contributed by atoms with Gasteiger partial charge in [0, 0.05) is 25.7 Å². The summed E-state index contributed by atoms with van der Waals surface area (Å²) < 4.78 is 68.8. The summed E-state index contributed by atoms with van der Waals surface area (Å²) in [6.07, 6.45) is 60.7. The Morgan fingerprint density at radius 3 is 0.703 bits per heavy atom. The van der Waals surface area contributed by atoms with E-state index < -0.39 is 97.5 Å². The third-order valence-corrected chi connectivity index (χ3v) is 22.1. The van der Waals surface area contributed by atoms with E-state index in [9.17, 15) is 43.2 Å². The number of aliphatic hydroxyl groups is 1. The van der Waals surface area contributed by atoms with E-state index in [2.05, 4.69) is 48.5 Å². The number of esters is 4. The van der Waals surface area contributed by atoms with E-state index in [1.165, 1.54) is 238 Å². The molecule has 0 rings (SSSR count). The molecule has 101 heavy (non-hydrogen) atoms. The molecule has 0 saturated carbocycles. The number of rotatable bonds is 80. The zero-order valence-electron chi connectivity index (χ0n) is 66.4. The number of hydrogen-bond acceptors (Lipinski definition) is 15. The highest BCUT2D eigenvalue weighted by Crippen LogP contribution is 2.45. The molecule has 0 heterocycles. The highest BCUT2D eigenvalue weighted by molar-refractivity contribution is 7.47. The van der Waals surface area contributed by atoms with Gasteiger partial charge in [-0.1, -0.05) is 376 Å². The van der Waals surface area contributed by atoms with Gasteiger partial charge in [0.15, 0.2) is 12.2 Å². The van der Waals surface area contributed by atoms with Gasteiger partial charge in [0.1, 0.15) is 19.3 Å². The Bertz CT molecular complexity index is 1960. The van der Waals surface area contributed by atoms with E-state index in [0.29, 0.717) is 25.7 Å². The first-order chi connectivity index (χ1) is 48.8. The third kappa shape index (κ3) is 72.1. The van der Waals surface area contributed by atoms with Gasteiger partial charge in [-0.3, -0.25) is 37.3 Å². The van der Waals surface area contributed by atoms with Gasteiger partial charge in [-0.15, -0.1) is 0 Å². The van der Waals surface area contributed by atoms with Crippen LogP contribution in [0.4, 0.5) is 0 Å². The van der Waals surface area contributed by atoms with Crippen LogP contribution in [0, 0.1) is 17.8 Å². The molecule has 0 amide bonds. The smallest absolute Gasteiger partial charge is 0.462 e. The first-order valence-electron chi connectivity index (χ1n) is 42.5. The second-order valence-corrected chi connectivity index (χ2v) is 33.1. The van der Waals surface area contributed by atoms with E-state index in [-0.39, 0.29) is 25.7 Å². The molecule has 0 bridgehead atoms. The number of phosphoric acid groups is 2. The van der Waals surface area contributed by atoms with Gasteiger partial charge in [-0.05, 0) is 43.4 Å². The minimum Gasteiger partial charge on any atom is -0.462 e. The molecule has 19 heteroatoms. The Balaban J connectivity index is 5.26. The van der Waals surface area contributed by atoms with E-state index in [1.54, 1.807) is 0 Å². The summed E-state index contributed by atoms with van der Waals surface area (Å²) in [4.78, 5) is 73.1. The number of phosphoric ester groups is 2. The van der Waals surface area contributed by atoms with Gasteiger partial charge >= 0.3 is 39.5 Å². The van der Waals surface area contributed by atoms with Crippen molar-refractivity contribution in [2.75, 3.05) is 39.6 Å². The van der Waals surface area contributed by atoms with Crippen molar-refractivity contribution in [3.8, 4) is 0 Å². The number of carbonyl (C=O) groups excluding carboxylic acids is 4. The molecular weight excluding hydrogens is 1320 g/mol. The van der Waals surface area contributed by atoms with Crippen LogP contribution in [-0.2, 0) is 65.4 Å². The average molecular weight is 1480 g/mol. The quantitative estimate of drug-likeness (QED) is 0.0222. The minimum absolute atomic E-state index is 0.106. The fourth-order valence-corrected chi connectivity index (χ4v) is 14.1. The van der Waals surface area contributed by atoms with E-state index in [4.69, 9.17) is 37.0 Å². The Kier molecular flexibility index (Phi) is 70.9. The molecule has 0 radical (unpaired) electrons. The summed E-state index contributed by atoms with van der Waals surface area (Å²) >= 11 is 0. The topological polar surface area (TPSA) is 237 Å². The van der Waals surface area contributed by atoms with Gasteiger partial charge < -0.3 is 33.8 Å². The number of carbonyl (C=O) groups is 4. The Morgan fingerprint density at radius 1 is 0.277 bits per heavy atom. The van der Waals surface area contributed by atoms with Crippen molar-refractivity contribution in [2.45, 2.75) is 446 Å². The molecule has 0 aromatic heterocycles. The lowest BCUT2D eigenvalue weighted by molar-refractivity contribution is -0.161. The van der Waals surface area contributed by atoms with Crippen molar-refractivity contribution < 1.29 is 80.2 Å². The maximum Gasteiger partial charge on any atom is 0.472 e. The number of aliphatic hydroxyl groups excluding tert-OH is 1. The summed E-state index contributed by atoms with van der Waals surface area (Å²) in [6.45, 7) is 12.1. The number of unbranched alkanes of at least 4 members (excludes halogenated alkanes) is 45. The first kappa shape index (κ1) is 99.1. The SMILES string of the molecule is CCCCCCCCCCCCCC(=O)OC[C@H](COP(=O)(O)OC[C@H](O)COP(=O)(O)OC[C@@H](COC(=O)CCCCCCCCCCCCCCCCC(C)CC)OC(=O)CCCCCCCCCCCCCCCCC(C)CC)OC(=O)CCCCCCCCCCCCC(C)CC. The second kappa shape index (κ2) is 72.3. The van der Waals surface area contributed by atoms with Crippen LogP contribution in [0.3, 0.4) is 0 Å². The first-order valence-corrected chi connectivity index (χ1v) is 45.5. The largest absolute Gasteiger partial charge is 0.472 e. The van der Waals surface area contributed by atoms with Gasteiger partial charge in [-0.25, -0.2) is 9.13 Å². The minimum atomic E-state index is -4.96. The fraction of sp³-hybridized carbons (Fsp3) is 0.951. The Labute approximate surface area is 619 Å². The van der Waals surface area contributed by atoms with Crippen molar-refractivity contribution in [2.24, 2.45) is 17.8 Å². The second-order valence-electron chi connectivity index (χ2n) is 30.2. The van der Waals surface area contributed by atoms with Crippen molar-refractivity contribution in [3.05, 3.63) is 0 Å². The summed E-state index contributed by atoms with van der Waals surface area (Å²) in [5.41, 5.74) is 0. The van der Waals surface area contributed by atoms with Crippen LogP contribution in [0.2, 0.25) is 0 Å². The molecule has 17 nitrogen and oxygen atoms in total. The number of hydrogen-bond donors (Lipinski definition) is 3. The Morgan fingerprint density at radius 2 is 0.475 bits per heavy atom. The normalized spacial score (nSPS) is 14.8. The van der Waals surface area contributed by atoms with Crippen LogP contribution >= 0.6 is 15.6 Å². The molecule has 0 aromatic carbocycles. The molecule has 0 aliphatic rings. The Hall–Kier alpha value is -1.94. The van der Waals surface area contributed by atoms with Crippen LogP contribution in [-0.4, -0.2) is 96.7 Å². The van der Waals surface area contributed by atoms with E-state index in [1.807, 2.05) is 0 Å². The highest BCUT2D eigenvalue weighted by atomic mass is 31.2. The molecular formula is C82H160O17P2. The van der Waals surface area contributed by atoms with Crippen LogP contribution in [0.15, 0.2) is 0 Å². The van der Waals surface area contributed by atoms with Crippen molar-refractivity contribution in [3.63, 3.8) is 0 Å². The summed E-state index contributed by atoms with van der Waals surface area (Å²) in [5, 5.41) is 10.7. The molecule has 3 N–H and O–H groups in total. The molecule has 0 aliphatic heterocycles. The molecule has 8 atom stereocenters. The number of ether oxygens (including phenoxy) is 4. The molecule has 5 unspecified atom stereocenters. The fourth-order valence-electron chi connectivity index (χ4n) is 12.6. The zero-order chi connectivity index (χ0) is 74.4. The standard InChI is InChI=1S/C82H160O17P2/c1-8-12-13-14-15-16-25-35-42-49-56-63-79(84)92-69-78(99-82(87)66-59-52-45-38-31-30-34-41-48-55-62-75(7)11-4)72-97-101(90,91)95-68-76(83)67-94-100(88,89)96-71-77(98-81(86)65-58-51-44-37-29-24-20-18-22-27-33-40-47-54-61-74(6)10-3)70-93-80(85)64-57-50-43-36-28-23-19-17-21-26-32-39-46-53-60-73(5)9-2/h73-78,83H,8-72H2,1-7H3,(H,88,89)(H,90,91)/t73?,74?,75?,76-,77-,78-/m1/s1. The van der Waals surface area contributed by atoms with E-state index >= 15 is 0 Å². The van der Waals surface area contributed by atoms with Gasteiger partial charge in [0.25, 0.3) is 0 Å². The zero-order valence-corrected chi connectivity index (χ0v) is 68.2. The molecule has 0 spiro atoms. The molecule has 0 fully saturated rings. The van der Waals surface area contributed by atoms with Crippen LogP contribution in [0.5, 0.6) is 0 Å². The van der Waals surface area contributed by atoms with E-state index in [0.717, 1.165) is 108 Å². The van der Waals surface area contributed by atoms with Crippen molar-refractivity contribution >= 4 is 39.5 Å². The van der Waals surface area contributed by atoms with Crippen molar-refractivity contribution in [1.82, 2.24) is 0 Å². The maximum atomic E-state index is 13.1. The molecule has 0 aliphatic carbocycles. The van der Waals surface area contributed by atoms with Gasteiger partial charge in [0.05, 0.1) is 26.4 Å². The lowest BCUT2D eigenvalue weighted by Crippen LogP contribution is -2.30. The lowest BCUT2D eigenvalue weighted by atomic mass is 9.99. The van der Waals surface area contributed by atoms with Gasteiger partial charge in [-0.2, -0.15) is 0 Å². The third-order valence-electron chi connectivity index (χ3n) is 20.2. The van der Waals surface area contributed by atoms with Crippen molar-refractivity contribution in [1.29, 1.82) is 0 Å². The summed E-state index contributed by atoms with van der Waals surface area (Å²) in [6, 6.07) is 0.